The molecular weight excluding hydrogens is 428 g/mol. The molecule has 0 aliphatic heterocycles. The smallest absolute Gasteiger partial charge is 0.322 e. The Morgan fingerprint density at radius 3 is 2.50 bits per heavy atom. The Bertz CT molecular complexity index is 1360. The highest BCUT2D eigenvalue weighted by molar-refractivity contribution is 7.91. The summed E-state index contributed by atoms with van der Waals surface area (Å²) in [6.45, 7) is 6.71. The predicted molar refractivity (Wildman–Crippen MR) is 121 cm³/mol. The minimum atomic E-state index is -3.44. The zero-order valence-corrected chi connectivity index (χ0v) is 19.4. The van der Waals surface area contributed by atoms with E-state index in [1.54, 1.807) is 71.3 Å². The second-order valence-corrected chi connectivity index (χ2v) is 10.4. The van der Waals surface area contributed by atoms with Gasteiger partial charge in [-0.2, -0.15) is 15.2 Å². The summed E-state index contributed by atoms with van der Waals surface area (Å²) in [7, 11) is -1.80. The van der Waals surface area contributed by atoms with E-state index in [-0.39, 0.29) is 23.0 Å². The fraction of sp³-hybridized carbons (Fsp3) is 0.304. The number of para-hydroxylation sites is 1. The molecule has 3 aromatic rings. The summed E-state index contributed by atoms with van der Waals surface area (Å²) in [5, 5.41) is 8.85. The van der Waals surface area contributed by atoms with Crippen molar-refractivity contribution in [1.82, 2.24) is 14.5 Å². The summed E-state index contributed by atoms with van der Waals surface area (Å²) in [6, 6.07) is 10.4. The molecule has 8 nitrogen and oxygen atoms in total. The molecule has 1 aromatic carbocycles. The van der Waals surface area contributed by atoms with Crippen LogP contribution in [0.2, 0.25) is 0 Å². The van der Waals surface area contributed by atoms with Crippen molar-refractivity contribution in [3.8, 4) is 29.1 Å². The van der Waals surface area contributed by atoms with Crippen LogP contribution in [0.1, 0.15) is 36.2 Å². The van der Waals surface area contributed by atoms with Crippen molar-refractivity contribution in [2.24, 2.45) is 7.05 Å². The highest BCUT2D eigenvalue weighted by atomic mass is 32.2. The molecule has 0 aliphatic carbocycles. The van der Waals surface area contributed by atoms with Crippen molar-refractivity contribution < 1.29 is 13.2 Å². The Labute approximate surface area is 187 Å². The van der Waals surface area contributed by atoms with Crippen molar-refractivity contribution in [3.05, 3.63) is 69.3 Å². The first-order valence-electron chi connectivity index (χ1n) is 9.96. The molecule has 0 radical (unpaired) electrons. The highest BCUT2D eigenvalue weighted by Crippen LogP contribution is 2.29. The summed E-state index contributed by atoms with van der Waals surface area (Å²) in [5.74, 6) is 0.0154. The van der Waals surface area contributed by atoms with Crippen LogP contribution in [-0.2, 0) is 22.6 Å². The number of aryl methyl sites for hydroxylation is 3. The second-order valence-electron chi connectivity index (χ2n) is 7.88. The van der Waals surface area contributed by atoms with E-state index >= 15 is 0 Å². The third kappa shape index (κ3) is 4.86. The number of aromatic nitrogens is 3. The van der Waals surface area contributed by atoms with Gasteiger partial charge < -0.3 is 9.30 Å². The number of pyridine rings is 1. The molecule has 0 bridgehead atoms. The van der Waals surface area contributed by atoms with Crippen molar-refractivity contribution in [2.45, 2.75) is 38.7 Å². The summed E-state index contributed by atoms with van der Waals surface area (Å²) >= 11 is 0. The maximum atomic E-state index is 12.5. The quantitative estimate of drug-likeness (QED) is 0.562. The van der Waals surface area contributed by atoms with Gasteiger partial charge in [-0.1, -0.05) is 12.1 Å². The molecule has 0 saturated heterocycles. The molecular formula is C23H24N4O4S. The van der Waals surface area contributed by atoms with Crippen LogP contribution >= 0.6 is 0 Å². The first kappa shape index (κ1) is 23.2. The number of sulfone groups is 1. The summed E-state index contributed by atoms with van der Waals surface area (Å²) < 4.78 is 32.4. The van der Waals surface area contributed by atoms with Crippen LogP contribution in [0.4, 0.5) is 0 Å². The Morgan fingerprint density at radius 1 is 1.16 bits per heavy atom. The Morgan fingerprint density at radius 2 is 1.88 bits per heavy atom. The van der Waals surface area contributed by atoms with Crippen LogP contribution in [-0.4, -0.2) is 28.2 Å². The molecule has 166 valence electrons. The van der Waals surface area contributed by atoms with Crippen molar-refractivity contribution >= 4 is 9.84 Å². The first-order valence-corrected chi connectivity index (χ1v) is 11.7. The number of nitriles is 1. The lowest BCUT2D eigenvalue weighted by atomic mass is 10.1. The van der Waals surface area contributed by atoms with E-state index < -0.39 is 15.1 Å². The first-order chi connectivity index (χ1) is 15.0. The third-order valence-electron chi connectivity index (χ3n) is 5.01. The number of rotatable bonds is 6. The van der Waals surface area contributed by atoms with Gasteiger partial charge in [0.1, 0.15) is 6.07 Å². The molecule has 0 atom stereocenters. The van der Waals surface area contributed by atoms with Crippen LogP contribution in [0, 0.1) is 25.2 Å². The molecule has 2 heterocycles. The van der Waals surface area contributed by atoms with E-state index in [9.17, 15) is 18.5 Å². The molecule has 3 rings (SSSR count). The van der Waals surface area contributed by atoms with Gasteiger partial charge in [-0.15, -0.1) is 0 Å². The molecule has 32 heavy (non-hydrogen) atoms. The zero-order valence-electron chi connectivity index (χ0n) is 18.6. The molecule has 0 N–H and O–H groups in total. The van der Waals surface area contributed by atoms with Crippen LogP contribution in [0.25, 0.3) is 11.3 Å². The van der Waals surface area contributed by atoms with Gasteiger partial charge in [0.2, 0.25) is 0 Å². The fourth-order valence-corrected chi connectivity index (χ4v) is 3.99. The molecule has 9 heteroatoms. The zero-order chi connectivity index (χ0) is 23.6. The summed E-state index contributed by atoms with van der Waals surface area (Å²) in [4.78, 5) is 20.9. The maximum Gasteiger partial charge on any atom is 0.322 e. The van der Waals surface area contributed by atoms with Gasteiger partial charge in [0.25, 0.3) is 5.56 Å². The van der Waals surface area contributed by atoms with Gasteiger partial charge >= 0.3 is 6.01 Å². The lowest BCUT2D eigenvalue weighted by molar-refractivity contribution is 0.436. The van der Waals surface area contributed by atoms with E-state index in [2.05, 4.69) is 16.0 Å². The Hall–Kier alpha value is -3.51. The van der Waals surface area contributed by atoms with Gasteiger partial charge in [0.05, 0.1) is 28.0 Å². The Balaban J connectivity index is 2.18. The normalized spacial score (nSPS) is 11.4. The monoisotopic (exact) mass is 452 g/mol. The number of nitrogens with zero attached hydrogens (tertiary/aromatic N) is 4. The number of hydrogen-bond donors (Lipinski definition) is 0. The lowest BCUT2D eigenvalue weighted by Gasteiger charge is -2.13. The molecule has 0 aliphatic rings. The molecule has 2 aromatic heterocycles. The lowest BCUT2D eigenvalue weighted by Crippen LogP contribution is -2.19. The fourth-order valence-electron chi connectivity index (χ4n) is 3.10. The van der Waals surface area contributed by atoms with Gasteiger partial charge in [-0.25, -0.2) is 8.42 Å². The summed E-state index contributed by atoms with van der Waals surface area (Å²) in [5.41, 5.74) is 2.70. The summed E-state index contributed by atoms with van der Waals surface area (Å²) in [6.07, 6.45) is 1.62. The minimum absolute atomic E-state index is 0.0752. The van der Waals surface area contributed by atoms with Gasteiger partial charge in [-0.3, -0.25) is 4.79 Å². The van der Waals surface area contributed by atoms with Crippen LogP contribution in [0.15, 0.2) is 41.3 Å². The number of ether oxygens (including phenoxy) is 1. The number of benzene rings is 1. The second kappa shape index (κ2) is 8.93. The van der Waals surface area contributed by atoms with E-state index in [0.29, 0.717) is 33.7 Å². The Kier molecular flexibility index (Phi) is 6.46. The highest BCUT2D eigenvalue weighted by Gasteiger charge is 2.21. The van der Waals surface area contributed by atoms with Crippen molar-refractivity contribution in [2.75, 3.05) is 0 Å². The minimum Gasteiger partial charge on any atom is -0.423 e. The topological polar surface area (TPSA) is 115 Å². The third-order valence-corrected chi connectivity index (χ3v) is 7.14. The molecule has 0 fully saturated rings. The van der Waals surface area contributed by atoms with Crippen LogP contribution in [0.5, 0.6) is 11.8 Å². The molecule has 0 amide bonds. The van der Waals surface area contributed by atoms with E-state index in [1.165, 1.54) is 4.57 Å². The van der Waals surface area contributed by atoms with E-state index in [4.69, 9.17) is 4.74 Å². The molecule has 0 saturated carbocycles. The maximum absolute atomic E-state index is 12.5. The molecule has 0 spiro atoms. The predicted octanol–water partition coefficient (Wildman–Crippen LogP) is 3.45. The van der Waals surface area contributed by atoms with Crippen molar-refractivity contribution in [1.29, 1.82) is 5.26 Å². The van der Waals surface area contributed by atoms with Crippen LogP contribution in [0.3, 0.4) is 0 Å². The average Bonchev–Trinajstić information content (AvgIpc) is 2.72. The number of hydrogen-bond acceptors (Lipinski definition) is 7. The standard InChI is InChI=1S/C23H24N4O4S/c1-14(2)32(29,30)13-19-10-20(18-9-16(4)22(28)27(5)12-18)26-23(25-19)31-21-15(3)7-6-8-17(21)11-24/h6-10,12,14H,13H2,1-5H3. The van der Waals surface area contributed by atoms with Crippen molar-refractivity contribution in [3.63, 3.8) is 0 Å². The largest absolute Gasteiger partial charge is 0.423 e. The van der Waals surface area contributed by atoms with Gasteiger partial charge in [0.15, 0.2) is 15.6 Å². The van der Waals surface area contributed by atoms with Gasteiger partial charge in [-0.05, 0) is 51.5 Å². The SMILES string of the molecule is Cc1cccc(C#N)c1Oc1nc(CS(=O)(=O)C(C)C)cc(-c2cc(C)c(=O)n(C)c2)n1. The average molecular weight is 453 g/mol. The molecule has 0 unspecified atom stereocenters. The van der Waals surface area contributed by atoms with Gasteiger partial charge in [0, 0.05) is 24.4 Å². The van der Waals surface area contributed by atoms with Crippen LogP contribution < -0.4 is 10.3 Å². The van der Waals surface area contributed by atoms with E-state index in [0.717, 1.165) is 0 Å². The van der Waals surface area contributed by atoms with E-state index in [1.807, 2.05) is 0 Å².